The Labute approximate surface area is 145 Å². The van der Waals surface area contributed by atoms with E-state index in [1.54, 1.807) is 20.5 Å². The first kappa shape index (κ1) is 15.3. The molecule has 1 aliphatic rings. The Morgan fingerprint density at radius 3 is 2.56 bits per heavy atom. The van der Waals surface area contributed by atoms with Gasteiger partial charge in [-0.05, 0) is 29.3 Å². The quantitative estimate of drug-likeness (QED) is 0.779. The molecule has 1 N–H and O–H groups in total. The van der Waals surface area contributed by atoms with Gasteiger partial charge < -0.3 is 14.2 Å². The van der Waals surface area contributed by atoms with Crippen LogP contribution in [0.3, 0.4) is 0 Å². The van der Waals surface area contributed by atoms with Crippen molar-refractivity contribution in [1.29, 1.82) is 0 Å². The maximum absolute atomic E-state index is 5.60. The number of rotatable bonds is 4. The molecule has 0 aliphatic carbocycles. The number of nitrogens with one attached hydrogen (secondary N) is 1. The molecule has 2 aromatic carbocycles. The summed E-state index contributed by atoms with van der Waals surface area (Å²) in [6.07, 6.45) is 3.70. The third-order valence-corrected chi connectivity index (χ3v) is 4.36. The lowest BCUT2D eigenvalue weighted by Crippen LogP contribution is -2.06. The van der Waals surface area contributed by atoms with Gasteiger partial charge in [-0.1, -0.05) is 36.4 Å². The number of nitrogens with zero attached hydrogens (tertiary/aromatic N) is 1. The van der Waals surface area contributed by atoms with Gasteiger partial charge in [-0.2, -0.15) is 0 Å². The molecule has 25 heavy (non-hydrogen) atoms. The number of benzene rings is 2. The van der Waals surface area contributed by atoms with Crippen molar-refractivity contribution in [3.63, 3.8) is 0 Å². The molecule has 4 rings (SSSR count). The van der Waals surface area contributed by atoms with E-state index in [4.69, 9.17) is 14.2 Å². The molecule has 0 fully saturated rings. The lowest BCUT2D eigenvalue weighted by atomic mass is 9.88. The first-order valence-electron chi connectivity index (χ1n) is 8.00. The summed E-state index contributed by atoms with van der Waals surface area (Å²) in [5.41, 5.74) is 4.12. The molecule has 0 radical (unpaired) electrons. The van der Waals surface area contributed by atoms with Crippen LogP contribution in [-0.4, -0.2) is 24.4 Å². The molecule has 0 saturated heterocycles. The molecule has 1 aliphatic heterocycles. The third kappa shape index (κ3) is 2.63. The lowest BCUT2D eigenvalue weighted by Gasteiger charge is -2.20. The number of allylic oxidation sites excluding steroid dienone is 1. The molecule has 5 heteroatoms. The summed E-state index contributed by atoms with van der Waals surface area (Å²) in [5.74, 6) is 2.02. The highest BCUT2D eigenvalue weighted by atomic mass is 16.5. The minimum Gasteiger partial charge on any atom is -0.493 e. The lowest BCUT2D eigenvalue weighted by molar-refractivity contribution is 0.354. The summed E-state index contributed by atoms with van der Waals surface area (Å²) in [6.45, 7) is 0. The maximum Gasteiger partial charge on any atom is 0.242 e. The predicted molar refractivity (Wildman–Crippen MR) is 95.2 cm³/mol. The van der Waals surface area contributed by atoms with Gasteiger partial charge in [-0.15, -0.1) is 5.10 Å². The van der Waals surface area contributed by atoms with Crippen LogP contribution in [-0.2, 0) is 0 Å². The first-order valence-corrected chi connectivity index (χ1v) is 8.00. The van der Waals surface area contributed by atoms with Crippen LogP contribution in [0.2, 0.25) is 0 Å². The van der Waals surface area contributed by atoms with Gasteiger partial charge in [-0.25, -0.2) is 0 Å². The Morgan fingerprint density at radius 1 is 1.00 bits per heavy atom. The van der Waals surface area contributed by atoms with Gasteiger partial charge in [0.2, 0.25) is 5.88 Å². The average Bonchev–Trinajstić information content (AvgIpc) is 3.12. The number of methoxy groups -OCH3 is 2. The van der Waals surface area contributed by atoms with Gasteiger partial charge in [0.15, 0.2) is 11.5 Å². The van der Waals surface area contributed by atoms with Gasteiger partial charge in [0, 0.05) is 5.92 Å². The molecule has 2 heterocycles. The Balaban J connectivity index is 1.83. The van der Waals surface area contributed by atoms with Crippen LogP contribution in [0.5, 0.6) is 17.4 Å². The van der Waals surface area contributed by atoms with Crippen molar-refractivity contribution in [3.05, 3.63) is 72.0 Å². The highest BCUT2D eigenvalue weighted by Gasteiger charge is 2.27. The number of H-pyrrole nitrogens is 1. The van der Waals surface area contributed by atoms with Gasteiger partial charge in [0.25, 0.3) is 0 Å². The number of hydrogen-bond donors (Lipinski definition) is 1. The zero-order valence-corrected chi connectivity index (χ0v) is 14.0. The van der Waals surface area contributed by atoms with Crippen LogP contribution in [0, 0.1) is 0 Å². The minimum absolute atomic E-state index is 0.0116. The largest absolute Gasteiger partial charge is 0.493 e. The number of ether oxygens (including phenoxy) is 3. The second-order valence-electron chi connectivity index (χ2n) is 5.72. The second kappa shape index (κ2) is 6.36. The molecule has 0 amide bonds. The molecule has 0 bridgehead atoms. The molecular weight excluding hydrogens is 316 g/mol. The number of aromatic nitrogens is 2. The second-order valence-corrected chi connectivity index (χ2v) is 5.72. The maximum atomic E-state index is 5.60. The number of hydrogen-bond acceptors (Lipinski definition) is 4. The van der Waals surface area contributed by atoms with Gasteiger partial charge in [0.05, 0.1) is 31.7 Å². The van der Waals surface area contributed by atoms with Crippen molar-refractivity contribution < 1.29 is 14.2 Å². The molecule has 5 nitrogen and oxygen atoms in total. The fourth-order valence-corrected chi connectivity index (χ4v) is 3.14. The number of fused-ring (bicyclic) bond motifs is 1. The van der Waals surface area contributed by atoms with E-state index >= 15 is 0 Å². The van der Waals surface area contributed by atoms with E-state index in [9.17, 15) is 0 Å². The molecule has 0 spiro atoms. The average molecular weight is 334 g/mol. The summed E-state index contributed by atoms with van der Waals surface area (Å²) in [4.78, 5) is 0. The van der Waals surface area contributed by atoms with E-state index in [1.807, 2.05) is 42.5 Å². The Morgan fingerprint density at radius 2 is 1.80 bits per heavy atom. The summed E-state index contributed by atoms with van der Waals surface area (Å²) >= 11 is 0. The fraction of sp³-hybridized carbons (Fsp3) is 0.150. The number of aromatic amines is 1. The van der Waals surface area contributed by atoms with Crippen LogP contribution in [0.4, 0.5) is 0 Å². The van der Waals surface area contributed by atoms with E-state index < -0.39 is 0 Å². The molecule has 1 unspecified atom stereocenters. The van der Waals surface area contributed by atoms with Crippen molar-refractivity contribution in [2.75, 3.05) is 14.2 Å². The van der Waals surface area contributed by atoms with E-state index in [0.29, 0.717) is 17.4 Å². The van der Waals surface area contributed by atoms with Crippen LogP contribution in [0.15, 0.2) is 60.9 Å². The Bertz CT molecular complexity index is 916. The predicted octanol–water partition coefficient (Wildman–Crippen LogP) is 4.13. The van der Waals surface area contributed by atoms with Crippen LogP contribution in [0.1, 0.15) is 17.0 Å². The summed E-state index contributed by atoms with van der Waals surface area (Å²) < 4.78 is 16.4. The highest BCUT2D eigenvalue weighted by Crippen LogP contribution is 2.42. The summed E-state index contributed by atoms with van der Waals surface area (Å²) in [7, 11) is 3.27. The van der Waals surface area contributed by atoms with Crippen LogP contribution < -0.4 is 14.2 Å². The monoisotopic (exact) mass is 334 g/mol. The smallest absolute Gasteiger partial charge is 0.242 e. The third-order valence-electron chi connectivity index (χ3n) is 4.36. The van der Waals surface area contributed by atoms with Crippen molar-refractivity contribution in [3.8, 4) is 28.6 Å². The van der Waals surface area contributed by atoms with Crippen molar-refractivity contribution in [2.45, 2.75) is 5.92 Å². The molecule has 1 atom stereocenters. The van der Waals surface area contributed by atoms with Gasteiger partial charge in [0.1, 0.15) is 0 Å². The van der Waals surface area contributed by atoms with Crippen molar-refractivity contribution in [1.82, 2.24) is 10.2 Å². The molecule has 126 valence electrons. The molecule has 3 aromatic rings. The Hall–Kier alpha value is -3.21. The van der Waals surface area contributed by atoms with Gasteiger partial charge >= 0.3 is 0 Å². The van der Waals surface area contributed by atoms with E-state index in [1.165, 1.54) is 0 Å². The first-order chi connectivity index (χ1) is 12.3. The molecular formula is C20H18N2O3. The van der Waals surface area contributed by atoms with Gasteiger partial charge in [-0.3, -0.25) is 5.10 Å². The van der Waals surface area contributed by atoms with E-state index in [2.05, 4.69) is 22.3 Å². The van der Waals surface area contributed by atoms with Crippen LogP contribution in [0.25, 0.3) is 11.3 Å². The van der Waals surface area contributed by atoms with Crippen molar-refractivity contribution in [2.24, 2.45) is 0 Å². The SMILES string of the molecule is COc1ccc(C2C=COc3n[nH]c(-c4ccccc4)c32)cc1OC. The molecule has 1 aromatic heterocycles. The zero-order valence-electron chi connectivity index (χ0n) is 14.0. The summed E-state index contributed by atoms with van der Waals surface area (Å²) in [6, 6.07) is 16.1. The topological polar surface area (TPSA) is 56.4 Å². The standard InChI is InChI=1S/C20H18N2O3/c1-23-16-9-8-14(12-17(16)24-2)15-10-11-25-20-18(15)19(21-22-20)13-6-4-3-5-7-13/h3-12,15H,1-2H3,(H,21,22). The van der Waals surface area contributed by atoms with E-state index in [0.717, 1.165) is 22.4 Å². The van der Waals surface area contributed by atoms with Crippen LogP contribution >= 0.6 is 0 Å². The highest BCUT2D eigenvalue weighted by molar-refractivity contribution is 5.69. The fourth-order valence-electron chi connectivity index (χ4n) is 3.14. The minimum atomic E-state index is 0.0116. The van der Waals surface area contributed by atoms with E-state index in [-0.39, 0.29) is 5.92 Å². The Kier molecular flexibility index (Phi) is 3.90. The van der Waals surface area contributed by atoms with Crippen molar-refractivity contribution >= 4 is 0 Å². The zero-order chi connectivity index (χ0) is 17.2. The molecule has 0 saturated carbocycles. The normalized spacial score (nSPS) is 15.4. The summed E-state index contributed by atoms with van der Waals surface area (Å²) in [5, 5.41) is 7.44.